The molecule has 1 N–H and O–H groups in total. The van der Waals surface area contributed by atoms with Gasteiger partial charge in [0.25, 0.3) is 11.5 Å². The summed E-state index contributed by atoms with van der Waals surface area (Å²) in [4.78, 5) is 30.8. The average molecular weight is 466 g/mol. The van der Waals surface area contributed by atoms with E-state index in [0.29, 0.717) is 40.5 Å². The molecule has 0 saturated carbocycles. The molecule has 174 valence electrons. The van der Waals surface area contributed by atoms with Gasteiger partial charge in [-0.25, -0.2) is 4.98 Å². The lowest BCUT2D eigenvalue weighted by Gasteiger charge is -2.17. The summed E-state index contributed by atoms with van der Waals surface area (Å²) in [6.07, 6.45) is 2.86. The van der Waals surface area contributed by atoms with Crippen molar-refractivity contribution in [2.75, 3.05) is 13.2 Å². The zero-order chi connectivity index (χ0) is 23.4. The van der Waals surface area contributed by atoms with E-state index < -0.39 is 0 Å². The molecule has 3 aromatic rings. The molecule has 1 atom stereocenters. The van der Waals surface area contributed by atoms with Crippen LogP contribution >= 0.6 is 11.8 Å². The van der Waals surface area contributed by atoms with Gasteiger partial charge in [0.1, 0.15) is 0 Å². The number of fused-ring (bicyclic) bond motifs is 1. The third-order valence-corrected chi connectivity index (χ3v) is 7.01. The van der Waals surface area contributed by atoms with Crippen LogP contribution in [0.25, 0.3) is 10.9 Å². The van der Waals surface area contributed by atoms with Gasteiger partial charge in [-0.3, -0.25) is 14.2 Å². The first kappa shape index (κ1) is 23.5. The van der Waals surface area contributed by atoms with E-state index in [-0.39, 0.29) is 17.6 Å². The van der Waals surface area contributed by atoms with E-state index in [1.807, 2.05) is 6.92 Å². The van der Waals surface area contributed by atoms with Crippen LogP contribution in [0.3, 0.4) is 0 Å². The van der Waals surface area contributed by atoms with Gasteiger partial charge in [0.15, 0.2) is 5.16 Å². The Morgan fingerprint density at radius 3 is 2.85 bits per heavy atom. The lowest BCUT2D eigenvalue weighted by Crippen LogP contribution is -2.29. The standard InChI is InChI=1S/C26H31N3O3S/c1-4-11-27-24(30)19-9-10-22-23(14-19)28-26(29(25(22)31)15-21-6-5-12-32-21)33-16-20-13-17(2)7-8-18(20)3/h7-10,13-14,21H,4-6,11-12,15-16H2,1-3H3,(H,27,30)/t21-/m1/s1. The second kappa shape index (κ2) is 10.5. The molecule has 6 nitrogen and oxygen atoms in total. The van der Waals surface area contributed by atoms with Crippen molar-refractivity contribution in [2.24, 2.45) is 0 Å². The fourth-order valence-corrected chi connectivity index (χ4v) is 5.12. The maximum atomic E-state index is 13.5. The maximum absolute atomic E-state index is 13.5. The van der Waals surface area contributed by atoms with Crippen molar-refractivity contribution >= 4 is 28.6 Å². The van der Waals surface area contributed by atoms with Crippen molar-refractivity contribution < 1.29 is 9.53 Å². The highest BCUT2D eigenvalue weighted by molar-refractivity contribution is 7.98. The number of hydrogen-bond donors (Lipinski definition) is 1. The SMILES string of the molecule is CCCNC(=O)c1ccc2c(=O)n(C[C@H]3CCCO3)c(SCc3cc(C)ccc3C)nc2c1. The molecule has 7 heteroatoms. The summed E-state index contributed by atoms with van der Waals surface area (Å²) >= 11 is 1.56. The van der Waals surface area contributed by atoms with Gasteiger partial charge in [0.05, 0.1) is 23.6 Å². The van der Waals surface area contributed by atoms with Crippen molar-refractivity contribution in [2.45, 2.75) is 63.6 Å². The maximum Gasteiger partial charge on any atom is 0.262 e. The van der Waals surface area contributed by atoms with Crippen molar-refractivity contribution in [3.8, 4) is 0 Å². The number of aromatic nitrogens is 2. The first-order valence-electron chi connectivity index (χ1n) is 11.6. The third-order valence-electron chi connectivity index (χ3n) is 5.99. The first-order valence-corrected chi connectivity index (χ1v) is 12.6. The number of carbonyl (C=O) groups excluding carboxylic acids is 1. The van der Waals surface area contributed by atoms with Crippen molar-refractivity contribution in [3.63, 3.8) is 0 Å². The molecule has 4 rings (SSSR count). The van der Waals surface area contributed by atoms with Crippen LogP contribution in [0.2, 0.25) is 0 Å². The van der Waals surface area contributed by atoms with E-state index in [2.05, 4.69) is 37.4 Å². The van der Waals surface area contributed by atoms with Crippen LogP contribution in [0.15, 0.2) is 46.3 Å². The summed E-state index contributed by atoms with van der Waals surface area (Å²) in [5.74, 6) is 0.571. The van der Waals surface area contributed by atoms with E-state index in [4.69, 9.17) is 9.72 Å². The van der Waals surface area contributed by atoms with Crippen LogP contribution in [0.4, 0.5) is 0 Å². The zero-order valence-corrected chi connectivity index (χ0v) is 20.3. The number of thioether (sulfide) groups is 1. The van der Waals surface area contributed by atoms with E-state index in [1.165, 1.54) is 16.7 Å². The molecule has 0 unspecified atom stereocenters. The number of aryl methyl sites for hydroxylation is 2. The molecule has 0 aliphatic carbocycles. The molecule has 1 aliphatic rings. The molecule has 1 aliphatic heterocycles. The van der Waals surface area contributed by atoms with Crippen LogP contribution in [0.1, 0.15) is 53.2 Å². The molecule has 1 amide bonds. The summed E-state index contributed by atoms with van der Waals surface area (Å²) in [7, 11) is 0. The quantitative estimate of drug-likeness (QED) is 0.388. The molecule has 1 aromatic heterocycles. The topological polar surface area (TPSA) is 73.2 Å². The Morgan fingerprint density at radius 1 is 1.24 bits per heavy atom. The number of carbonyl (C=O) groups is 1. The van der Waals surface area contributed by atoms with Gasteiger partial charge >= 0.3 is 0 Å². The molecule has 2 heterocycles. The predicted molar refractivity (Wildman–Crippen MR) is 133 cm³/mol. The van der Waals surface area contributed by atoms with Crippen LogP contribution in [0, 0.1) is 13.8 Å². The largest absolute Gasteiger partial charge is 0.376 e. The number of ether oxygens (including phenoxy) is 1. The number of hydrogen-bond acceptors (Lipinski definition) is 5. The predicted octanol–water partition coefficient (Wildman–Crippen LogP) is 4.62. The molecule has 2 aromatic carbocycles. The summed E-state index contributed by atoms with van der Waals surface area (Å²) in [6.45, 7) is 8.05. The van der Waals surface area contributed by atoms with Gasteiger partial charge in [-0.1, -0.05) is 42.4 Å². The highest BCUT2D eigenvalue weighted by Crippen LogP contribution is 2.26. The van der Waals surface area contributed by atoms with Crippen LogP contribution in [0.5, 0.6) is 0 Å². The lowest BCUT2D eigenvalue weighted by molar-refractivity contribution is 0.0937. The number of nitrogens with zero attached hydrogens (tertiary/aromatic N) is 2. The Morgan fingerprint density at radius 2 is 2.09 bits per heavy atom. The Kier molecular flexibility index (Phi) is 7.50. The average Bonchev–Trinajstić information content (AvgIpc) is 3.33. The Bertz CT molecular complexity index is 1220. The van der Waals surface area contributed by atoms with Crippen molar-refractivity contribution in [1.82, 2.24) is 14.9 Å². The highest BCUT2D eigenvalue weighted by atomic mass is 32.2. The van der Waals surface area contributed by atoms with Crippen molar-refractivity contribution in [1.29, 1.82) is 0 Å². The second-order valence-corrected chi connectivity index (χ2v) is 9.59. The molecular formula is C26H31N3O3S. The van der Waals surface area contributed by atoms with Crippen molar-refractivity contribution in [3.05, 3.63) is 69.0 Å². The second-order valence-electron chi connectivity index (χ2n) is 8.65. The molecule has 33 heavy (non-hydrogen) atoms. The minimum absolute atomic E-state index is 0.0288. The van der Waals surface area contributed by atoms with Gasteiger partial charge in [-0.05, 0) is 62.4 Å². The Balaban J connectivity index is 1.72. The Hall–Kier alpha value is -2.64. The minimum Gasteiger partial charge on any atom is -0.376 e. The zero-order valence-electron chi connectivity index (χ0n) is 19.5. The number of rotatable bonds is 8. The normalized spacial score (nSPS) is 15.8. The van der Waals surface area contributed by atoms with E-state index in [0.717, 1.165) is 25.9 Å². The lowest BCUT2D eigenvalue weighted by atomic mass is 10.1. The van der Waals surface area contributed by atoms with Gasteiger partial charge in [0, 0.05) is 24.5 Å². The summed E-state index contributed by atoms with van der Waals surface area (Å²) in [6, 6.07) is 11.6. The van der Waals surface area contributed by atoms with E-state index in [1.54, 1.807) is 34.5 Å². The number of benzene rings is 2. The van der Waals surface area contributed by atoms with E-state index in [9.17, 15) is 9.59 Å². The summed E-state index contributed by atoms with van der Waals surface area (Å²) in [5, 5.41) is 4.07. The molecule has 1 saturated heterocycles. The molecule has 0 spiro atoms. The van der Waals surface area contributed by atoms with Gasteiger partial charge in [0.2, 0.25) is 0 Å². The van der Waals surface area contributed by atoms with Crippen LogP contribution < -0.4 is 10.9 Å². The molecular weight excluding hydrogens is 434 g/mol. The molecule has 1 fully saturated rings. The molecule has 0 radical (unpaired) electrons. The first-order chi connectivity index (χ1) is 16.0. The highest BCUT2D eigenvalue weighted by Gasteiger charge is 2.21. The fraction of sp³-hybridized carbons (Fsp3) is 0.423. The number of amides is 1. The minimum atomic E-state index is -0.145. The van der Waals surface area contributed by atoms with Gasteiger partial charge in [-0.2, -0.15) is 0 Å². The monoisotopic (exact) mass is 465 g/mol. The van der Waals surface area contributed by atoms with Crippen LogP contribution in [-0.2, 0) is 17.0 Å². The van der Waals surface area contributed by atoms with E-state index >= 15 is 0 Å². The van der Waals surface area contributed by atoms with Crippen LogP contribution in [-0.4, -0.2) is 34.7 Å². The van der Waals surface area contributed by atoms with Gasteiger partial charge in [-0.15, -0.1) is 0 Å². The summed E-state index contributed by atoms with van der Waals surface area (Å²) in [5.41, 5.74) is 4.64. The molecule has 0 bridgehead atoms. The van der Waals surface area contributed by atoms with Gasteiger partial charge < -0.3 is 10.1 Å². The Labute approximate surface area is 198 Å². The summed E-state index contributed by atoms with van der Waals surface area (Å²) < 4.78 is 7.57. The smallest absolute Gasteiger partial charge is 0.262 e. The fourth-order valence-electron chi connectivity index (χ4n) is 4.04. The number of nitrogens with one attached hydrogen (secondary N) is 1. The third kappa shape index (κ3) is 5.47.